The van der Waals surface area contributed by atoms with Gasteiger partial charge in [-0.05, 0) is 61.1 Å². The minimum Gasteiger partial charge on any atom is -0.352 e. The number of anilines is 3. The van der Waals surface area contributed by atoms with Crippen LogP contribution in [0, 0.1) is 0 Å². The monoisotopic (exact) mass is 613 g/mol. The van der Waals surface area contributed by atoms with Gasteiger partial charge in [0.15, 0.2) is 5.11 Å². The summed E-state index contributed by atoms with van der Waals surface area (Å²) in [6, 6.07) is 12.2. The highest BCUT2D eigenvalue weighted by atomic mass is 35.5. The molecule has 40 heavy (non-hydrogen) atoms. The van der Waals surface area contributed by atoms with Gasteiger partial charge in [-0.1, -0.05) is 29.9 Å². The summed E-state index contributed by atoms with van der Waals surface area (Å²) in [6.45, 7) is 4.76. The zero-order valence-electron chi connectivity index (χ0n) is 21.3. The van der Waals surface area contributed by atoms with Crippen LogP contribution in [0.15, 0.2) is 53.7 Å². The molecule has 0 spiro atoms. The van der Waals surface area contributed by atoms with Crippen LogP contribution in [0.3, 0.4) is 0 Å². The number of benzene rings is 2. The quantitative estimate of drug-likeness (QED) is 0.235. The van der Waals surface area contributed by atoms with Gasteiger partial charge in [0.2, 0.25) is 5.13 Å². The summed E-state index contributed by atoms with van der Waals surface area (Å²) in [4.78, 5) is 16.8. The molecular formula is C25H24ClN9O2S3. The molecule has 2 aromatic carbocycles. The summed E-state index contributed by atoms with van der Waals surface area (Å²) in [5.74, 6) is 0.863. The number of aromatic nitrogens is 5. The lowest BCUT2D eigenvalue weighted by molar-refractivity contribution is 0.390. The number of rotatable bonds is 6. The van der Waals surface area contributed by atoms with Gasteiger partial charge in [0.1, 0.15) is 22.8 Å². The average molecular weight is 614 g/mol. The summed E-state index contributed by atoms with van der Waals surface area (Å²) in [5.41, 5.74) is 2.44. The third-order valence-corrected chi connectivity index (χ3v) is 9.67. The molecule has 0 atom stereocenters. The van der Waals surface area contributed by atoms with Gasteiger partial charge in [0, 0.05) is 47.8 Å². The number of piperazine rings is 1. The SMILES string of the molecule is CCc1nnc(NS(=O)(=O)c2ccc(NC(=S)N3CCN(c4ncnc5[nH]c6ccc(Cl)cc6c45)CC3)cc2)s1. The number of hydrogen-bond acceptors (Lipinski definition) is 9. The summed E-state index contributed by atoms with van der Waals surface area (Å²) in [5, 5.41) is 15.2. The molecule has 0 aliphatic carbocycles. The highest BCUT2D eigenvalue weighted by Gasteiger charge is 2.23. The number of aromatic amines is 1. The van der Waals surface area contributed by atoms with Crippen molar-refractivity contribution in [1.82, 2.24) is 30.0 Å². The van der Waals surface area contributed by atoms with Crippen molar-refractivity contribution < 1.29 is 8.42 Å². The van der Waals surface area contributed by atoms with Gasteiger partial charge in [0.05, 0.1) is 10.3 Å². The Morgan fingerprint density at radius 3 is 2.60 bits per heavy atom. The molecule has 1 fully saturated rings. The molecule has 0 bridgehead atoms. The summed E-state index contributed by atoms with van der Waals surface area (Å²) < 4.78 is 27.9. The number of aryl methyl sites for hydroxylation is 1. The van der Waals surface area contributed by atoms with Crippen LogP contribution >= 0.6 is 35.2 Å². The number of nitrogens with zero attached hydrogens (tertiary/aromatic N) is 6. The molecule has 1 aliphatic heterocycles. The number of halogens is 1. The fraction of sp³-hybridized carbons (Fsp3) is 0.240. The van der Waals surface area contributed by atoms with E-state index in [0.29, 0.717) is 35.3 Å². The van der Waals surface area contributed by atoms with Gasteiger partial charge in [0.25, 0.3) is 10.0 Å². The zero-order valence-corrected chi connectivity index (χ0v) is 24.5. The molecule has 3 aromatic heterocycles. The van der Waals surface area contributed by atoms with Crippen LogP contribution in [0.5, 0.6) is 0 Å². The number of thiocarbonyl (C=S) groups is 1. The normalized spacial score (nSPS) is 14.2. The van der Waals surface area contributed by atoms with Gasteiger partial charge in [-0.15, -0.1) is 10.2 Å². The molecule has 0 saturated carbocycles. The second-order valence-corrected chi connectivity index (χ2v) is 12.7. The van der Waals surface area contributed by atoms with Gasteiger partial charge in [-0.25, -0.2) is 18.4 Å². The lowest BCUT2D eigenvalue weighted by Crippen LogP contribution is -2.50. The Balaban J connectivity index is 1.10. The summed E-state index contributed by atoms with van der Waals surface area (Å²) >= 11 is 13.2. The molecule has 5 aromatic rings. The van der Waals surface area contributed by atoms with Crippen LogP contribution < -0.4 is 14.9 Å². The first-order valence-corrected chi connectivity index (χ1v) is 15.6. The molecular weight excluding hydrogens is 590 g/mol. The standard InChI is InChI=1S/C25H24ClN9O2S3/c1-2-20-31-32-24(39-20)33-40(36,37)17-6-4-16(5-7-17)29-25(38)35-11-9-34(10-12-35)23-21-18-13-15(26)3-8-19(18)30-22(21)27-14-28-23/h3-8,13-14H,2,9-12H2,1H3,(H,29,38)(H,32,33)(H,27,28,30). The molecule has 3 N–H and O–H groups in total. The van der Waals surface area contributed by atoms with E-state index >= 15 is 0 Å². The van der Waals surface area contributed by atoms with E-state index in [1.807, 2.05) is 25.1 Å². The fourth-order valence-corrected chi connectivity index (χ4v) is 6.95. The number of nitrogens with one attached hydrogen (secondary N) is 3. The molecule has 0 unspecified atom stereocenters. The molecule has 0 radical (unpaired) electrons. The molecule has 15 heteroatoms. The first-order valence-electron chi connectivity index (χ1n) is 12.5. The van der Waals surface area contributed by atoms with Crippen LogP contribution in [-0.4, -0.2) is 69.8 Å². The van der Waals surface area contributed by atoms with Crippen molar-refractivity contribution in [3.63, 3.8) is 0 Å². The first-order chi connectivity index (χ1) is 19.3. The predicted molar refractivity (Wildman–Crippen MR) is 163 cm³/mol. The highest BCUT2D eigenvalue weighted by molar-refractivity contribution is 7.93. The van der Waals surface area contributed by atoms with E-state index in [0.717, 1.165) is 45.9 Å². The summed E-state index contributed by atoms with van der Waals surface area (Å²) in [6.07, 6.45) is 2.27. The van der Waals surface area contributed by atoms with Crippen LogP contribution in [0.1, 0.15) is 11.9 Å². The molecule has 206 valence electrons. The fourth-order valence-electron chi connectivity index (χ4n) is 4.57. The Morgan fingerprint density at radius 1 is 1.10 bits per heavy atom. The van der Waals surface area contributed by atoms with Crippen molar-refractivity contribution in [2.45, 2.75) is 18.2 Å². The van der Waals surface area contributed by atoms with Crippen molar-refractivity contribution in [1.29, 1.82) is 0 Å². The van der Waals surface area contributed by atoms with E-state index in [1.54, 1.807) is 18.5 Å². The number of fused-ring (bicyclic) bond motifs is 3. The maximum Gasteiger partial charge on any atom is 0.263 e. The van der Waals surface area contributed by atoms with E-state index in [4.69, 9.17) is 23.8 Å². The van der Waals surface area contributed by atoms with Crippen molar-refractivity contribution in [3.05, 3.63) is 58.8 Å². The van der Waals surface area contributed by atoms with Crippen LogP contribution in [0.4, 0.5) is 16.6 Å². The van der Waals surface area contributed by atoms with Gasteiger partial charge in [-0.2, -0.15) is 0 Å². The number of H-pyrrole nitrogens is 1. The molecule has 0 amide bonds. The van der Waals surface area contributed by atoms with E-state index in [2.05, 4.69) is 45.0 Å². The molecule has 4 heterocycles. The van der Waals surface area contributed by atoms with Gasteiger partial charge >= 0.3 is 0 Å². The maximum atomic E-state index is 12.7. The number of hydrogen-bond donors (Lipinski definition) is 3. The second kappa shape index (κ2) is 10.8. The molecule has 6 rings (SSSR count). The largest absolute Gasteiger partial charge is 0.352 e. The van der Waals surface area contributed by atoms with Crippen LogP contribution in [-0.2, 0) is 16.4 Å². The Kier molecular flexibility index (Phi) is 7.16. The Bertz CT molecular complexity index is 1810. The van der Waals surface area contributed by atoms with Crippen LogP contribution in [0.2, 0.25) is 5.02 Å². The van der Waals surface area contributed by atoms with Crippen molar-refractivity contribution >= 4 is 88.9 Å². The van der Waals surface area contributed by atoms with E-state index in [1.165, 1.54) is 23.5 Å². The van der Waals surface area contributed by atoms with E-state index in [-0.39, 0.29) is 10.0 Å². The minimum atomic E-state index is -3.77. The lowest BCUT2D eigenvalue weighted by Gasteiger charge is -2.37. The van der Waals surface area contributed by atoms with Crippen LogP contribution in [0.25, 0.3) is 21.9 Å². The second-order valence-electron chi connectivity index (χ2n) is 9.12. The third kappa shape index (κ3) is 5.27. The first kappa shape index (κ1) is 26.6. The summed E-state index contributed by atoms with van der Waals surface area (Å²) in [7, 11) is -3.77. The molecule has 11 nitrogen and oxygen atoms in total. The molecule has 1 saturated heterocycles. The van der Waals surface area contributed by atoms with Crippen molar-refractivity contribution in [3.8, 4) is 0 Å². The Morgan fingerprint density at radius 2 is 1.88 bits per heavy atom. The Labute approximate surface area is 244 Å². The predicted octanol–water partition coefficient (Wildman–Crippen LogP) is 4.50. The van der Waals surface area contributed by atoms with Crippen molar-refractivity contribution in [2.75, 3.05) is 41.1 Å². The molecule has 1 aliphatic rings. The number of sulfonamides is 1. The van der Waals surface area contributed by atoms with Crippen molar-refractivity contribution in [2.24, 2.45) is 0 Å². The van der Waals surface area contributed by atoms with E-state index < -0.39 is 10.0 Å². The maximum absolute atomic E-state index is 12.7. The zero-order chi connectivity index (χ0) is 27.9. The smallest absolute Gasteiger partial charge is 0.263 e. The average Bonchev–Trinajstić information content (AvgIpc) is 3.57. The Hall–Kier alpha value is -3.59. The third-order valence-electron chi connectivity index (χ3n) is 6.60. The van der Waals surface area contributed by atoms with Gasteiger partial charge < -0.3 is 20.1 Å². The minimum absolute atomic E-state index is 0.126. The highest BCUT2D eigenvalue weighted by Crippen LogP contribution is 2.33. The topological polar surface area (TPSA) is 132 Å². The lowest BCUT2D eigenvalue weighted by atomic mass is 10.2. The van der Waals surface area contributed by atoms with E-state index in [9.17, 15) is 8.42 Å². The van der Waals surface area contributed by atoms with Gasteiger partial charge in [-0.3, -0.25) is 4.72 Å².